The Bertz CT molecular complexity index is 1050. The second-order valence-electron chi connectivity index (χ2n) is 6.88. The zero-order valence-electron chi connectivity index (χ0n) is 15.7. The maximum atomic E-state index is 12.5. The Labute approximate surface area is 173 Å². The number of esters is 1. The summed E-state index contributed by atoms with van der Waals surface area (Å²) in [5.74, 6) is -1.03. The van der Waals surface area contributed by atoms with Crippen molar-refractivity contribution in [1.29, 1.82) is 0 Å². The summed E-state index contributed by atoms with van der Waals surface area (Å²) in [6, 6.07) is 16.2. The van der Waals surface area contributed by atoms with Gasteiger partial charge in [-0.3, -0.25) is 4.79 Å². The SMILES string of the molecule is O=C(COC(=O)c1cc(Cl)nc2ccccc12)Nc1ccc(N2CCCC2)cc1. The van der Waals surface area contributed by atoms with Gasteiger partial charge in [-0.1, -0.05) is 29.8 Å². The van der Waals surface area contributed by atoms with E-state index in [-0.39, 0.29) is 17.3 Å². The highest BCUT2D eigenvalue weighted by Crippen LogP contribution is 2.23. The smallest absolute Gasteiger partial charge is 0.339 e. The number of nitrogens with one attached hydrogen (secondary N) is 1. The van der Waals surface area contributed by atoms with Crippen LogP contribution in [0, 0.1) is 0 Å². The number of rotatable bonds is 5. The molecule has 0 unspecified atom stereocenters. The Morgan fingerprint density at radius 1 is 1.07 bits per heavy atom. The number of halogens is 1. The van der Waals surface area contributed by atoms with Crippen LogP contribution in [0.3, 0.4) is 0 Å². The number of hydrogen-bond acceptors (Lipinski definition) is 5. The van der Waals surface area contributed by atoms with Gasteiger partial charge < -0.3 is 15.0 Å². The molecule has 1 fully saturated rings. The molecule has 3 aromatic rings. The van der Waals surface area contributed by atoms with Crippen molar-refractivity contribution in [2.24, 2.45) is 0 Å². The van der Waals surface area contributed by atoms with Gasteiger partial charge in [0.1, 0.15) is 5.15 Å². The molecule has 7 heteroatoms. The lowest BCUT2D eigenvalue weighted by Gasteiger charge is -2.17. The van der Waals surface area contributed by atoms with Gasteiger partial charge in [0.2, 0.25) is 0 Å². The first-order valence-electron chi connectivity index (χ1n) is 9.47. The first kappa shape index (κ1) is 19.2. The van der Waals surface area contributed by atoms with Crippen LogP contribution in [-0.2, 0) is 9.53 Å². The second kappa shape index (κ2) is 8.49. The van der Waals surface area contributed by atoms with Gasteiger partial charge in [0, 0.05) is 29.9 Å². The van der Waals surface area contributed by atoms with Gasteiger partial charge in [-0.25, -0.2) is 9.78 Å². The van der Waals surface area contributed by atoms with Crippen LogP contribution >= 0.6 is 11.6 Å². The summed E-state index contributed by atoms with van der Waals surface area (Å²) in [6.07, 6.45) is 2.42. The summed E-state index contributed by atoms with van der Waals surface area (Å²) in [5, 5.41) is 3.56. The minimum atomic E-state index is -0.620. The molecule has 1 aliphatic heterocycles. The van der Waals surface area contributed by atoms with E-state index in [1.807, 2.05) is 30.3 Å². The molecule has 0 spiro atoms. The number of carbonyl (C=O) groups excluding carboxylic acids is 2. The molecule has 1 amide bonds. The molecular weight excluding hydrogens is 390 g/mol. The van der Waals surface area contributed by atoms with Crippen LogP contribution in [-0.4, -0.2) is 36.6 Å². The number of benzene rings is 2. The topological polar surface area (TPSA) is 71.5 Å². The largest absolute Gasteiger partial charge is 0.452 e. The number of pyridine rings is 1. The van der Waals surface area contributed by atoms with Gasteiger partial charge in [-0.05, 0) is 49.2 Å². The number of nitrogens with zero attached hydrogens (tertiary/aromatic N) is 2. The van der Waals surface area contributed by atoms with Gasteiger partial charge in [0.05, 0.1) is 11.1 Å². The number of fused-ring (bicyclic) bond motifs is 1. The van der Waals surface area contributed by atoms with Crippen LogP contribution in [0.25, 0.3) is 10.9 Å². The highest BCUT2D eigenvalue weighted by atomic mass is 35.5. The van der Waals surface area contributed by atoms with Crippen molar-refractivity contribution in [1.82, 2.24) is 4.98 Å². The first-order valence-corrected chi connectivity index (χ1v) is 9.85. The molecule has 1 saturated heterocycles. The molecule has 148 valence electrons. The lowest BCUT2D eigenvalue weighted by molar-refractivity contribution is -0.119. The quantitative estimate of drug-likeness (QED) is 0.503. The third kappa shape index (κ3) is 4.49. The number of ether oxygens (including phenoxy) is 1. The summed E-state index contributed by atoms with van der Waals surface area (Å²) >= 11 is 6.00. The zero-order valence-corrected chi connectivity index (χ0v) is 16.5. The fraction of sp³-hybridized carbons (Fsp3) is 0.227. The molecule has 0 radical (unpaired) electrons. The van der Waals surface area contributed by atoms with E-state index >= 15 is 0 Å². The first-order chi connectivity index (χ1) is 14.1. The molecule has 1 N–H and O–H groups in total. The Kier molecular flexibility index (Phi) is 5.62. The van der Waals surface area contributed by atoms with E-state index in [1.54, 1.807) is 18.2 Å². The zero-order chi connectivity index (χ0) is 20.2. The fourth-order valence-electron chi connectivity index (χ4n) is 3.45. The third-order valence-electron chi connectivity index (χ3n) is 4.86. The number of carbonyl (C=O) groups is 2. The highest BCUT2D eigenvalue weighted by Gasteiger charge is 2.16. The normalized spacial score (nSPS) is 13.5. The van der Waals surface area contributed by atoms with Crippen LogP contribution in [0.2, 0.25) is 5.15 Å². The molecular formula is C22H20ClN3O3. The van der Waals surface area contributed by atoms with Crippen molar-refractivity contribution >= 4 is 45.8 Å². The molecule has 2 heterocycles. The van der Waals surface area contributed by atoms with Crippen molar-refractivity contribution < 1.29 is 14.3 Å². The van der Waals surface area contributed by atoms with Crippen molar-refractivity contribution in [3.05, 3.63) is 65.3 Å². The van der Waals surface area contributed by atoms with E-state index in [9.17, 15) is 9.59 Å². The van der Waals surface area contributed by atoms with Crippen molar-refractivity contribution in [2.75, 3.05) is 29.9 Å². The van der Waals surface area contributed by atoms with E-state index in [1.165, 1.54) is 18.9 Å². The van der Waals surface area contributed by atoms with Crippen molar-refractivity contribution in [2.45, 2.75) is 12.8 Å². The molecule has 0 saturated carbocycles. The highest BCUT2D eigenvalue weighted by molar-refractivity contribution is 6.30. The van der Waals surface area contributed by atoms with Gasteiger partial charge in [-0.15, -0.1) is 0 Å². The Hall–Kier alpha value is -3.12. The van der Waals surface area contributed by atoms with Gasteiger partial charge in [0.25, 0.3) is 5.91 Å². The molecule has 6 nitrogen and oxygen atoms in total. The number of aromatic nitrogens is 1. The maximum Gasteiger partial charge on any atom is 0.339 e. The van der Waals surface area contributed by atoms with Gasteiger partial charge in [0.15, 0.2) is 6.61 Å². The standard InChI is InChI=1S/C22H20ClN3O3/c23-20-13-18(17-5-1-2-6-19(17)25-20)22(28)29-14-21(27)24-15-7-9-16(10-8-15)26-11-3-4-12-26/h1-2,5-10,13H,3-4,11-12,14H2,(H,24,27). The Morgan fingerprint density at radius 3 is 2.55 bits per heavy atom. The molecule has 1 aromatic heterocycles. The average molecular weight is 410 g/mol. The predicted octanol–water partition coefficient (Wildman–Crippen LogP) is 4.28. The Morgan fingerprint density at radius 2 is 1.79 bits per heavy atom. The third-order valence-corrected chi connectivity index (χ3v) is 5.06. The van der Waals surface area contributed by atoms with Crippen LogP contribution in [0.4, 0.5) is 11.4 Å². The summed E-state index contributed by atoms with van der Waals surface area (Å²) in [6.45, 7) is 1.74. The van der Waals surface area contributed by atoms with E-state index in [4.69, 9.17) is 16.3 Å². The van der Waals surface area contributed by atoms with E-state index in [0.29, 0.717) is 16.6 Å². The molecule has 29 heavy (non-hydrogen) atoms. The summed E-state index contributed by atoms with van der Waals surface area (Å²) < 4.78 is 5.18. The van der Waals surface area contributed by atoms with Crippen LogP contribution in [0.1, 0.15) is 23.2 Å². The van der Waals surface area contributed by atoms with Crippen LogP contribution in [0.15, 0.2) is 54.6 Å². The number of para-hydroxylation sites is 1. The Balaban J connectivity index is 1.37. The molecule has 0 aliphatic carbocycles. The molecule has 2 aromatic carbocycles. The lowest BCUT2D eigenvalue weighted by Crippen LogP contribution is -2.21. The molecule has 1 aliphatic rings. The second-order valence-corrected chi connectivity index (χ2v) is 7.26. The summed E-state index contributed by atoms with van der Waals surface area (Å²) in [7, 11) is 0. The van der Waals surface area contributed by atoms with E-state index in [0.717, 1.165) is 18.8 Å². The fourth-order valence-corrected chi connectivity index (χ4v) is 3.65. The van der Waals surface area contributed by atoms with E-state index in [2.05, 4.69) is 15.2 Å². The minimum absolute atomic E-state index is 0.193. The van der Waals surface area contributed by atoms with Gasteiger partial charge in [-0.2, -0.15) is 0 Å². The predicted molar refractivity (Wildman–Crippen MR) is 114 cm³/mol. The summed E-state index contributed by atoms with van der Waals surface area (Å²) in [5.41, 5.74) is 2.68. The van der Waals surface area contributed by atoms with Crippen molar-refractivity contribution in [3.63, 3.8) is 0 Å². The molecule has 4 rings (SSSR count). The average Bonchev–Trinajstić information content (AvgIpc) is 3.27. The molecule has 0 atom stereocenters. The van der Waals surface area contributed by atoms with Gasteiger partial charge >= 0.3 is 5.97 Å². The number of anilines is 2. The monoisotopic (exact) mass is 409 g/mol. The van der Waals surface area contributed by atoms with Crippen LogP contribution in [0.5, 0.6) is 0 Å². The lowest BCUT2D eigenvalue weighted by atomic mass is 10.1. The summed E-state index contributed by atoms with van der Waals surface area (Å²) in [4.78, 5) is 31.1. The van der Waals surface area contributed by atoms with Crippen LogP contribution < -0.4 is 10.2 Å². The minimum Gasteiger partial charge on any atom is -0.452 e. The van der Waals surface area contributed by atoms with E-state index < -0.39 is 11.9 Å². The molecule has 0 bridgehead atoms. The van der Waals surface area contributed by atoms with Crippen molar-refractivity contribution in [3.8, 4) is 0 Å². The number of amides is 1. The maximum absolute atomic E-state index is 12.5. The number of hydrogen-bond donors (Lipinski definition) is 1.